The van der Waals surface area contributed by atoms with E-state index >= 15 is 0 Å². The lowest BCUT2D eigenvalue weighted by Crippen LogP contribution is -2.44. The summed E-state index contributed by atoms with van der Waals surface area (Å²) in [4.78, 5) is 22.1. The molecule has 1 aromatic rings. The molecule has 0 radical (unpaired) electrons. The molecule has 1 aliphatic carbocycles. The van der Waals surface area contributed by atoms with Crippen LogP contribution in [-0.2, 0) is 0 Å². The second-order valence-corrected chi connectivity index (χ2v) is 5.05. The minimum absolute atomic E-state index is 0.0660. The van der Waals surface area contributed by atoms with Gasteiger partial charge in [0.05, 0.1) is 5.56 Å². The van der Waals surface area contributed by atoms with E-state index < -0.39 is 0 Å². The maximum atomic E-state index is 12.3. The Morgan fingerprint density at radius 1 is 1.41 bits per heavy atom. The minimum Gasteiger partial charge on any atom is -0.336 e. The largest absolute Gasteiger partial charge is 0.336 e. The van der Waals surface area contributed by atoms with Crippen LogP contribution in [-0.4, -0.2) is 38.7 Å². The molecule has 0 aliphatic heterocycles. The van der Waals surface area contributed by atoms with Gasteiger partial charge in [0.25, 0.3) is 5.91 Å². The molecule has 0 atom stereocenters. The molecule has 1 heterocycles. The van der Waals surface area contributed by atoms with E-state index in [0.717, 1.165) is 31.1 Å². The first-order valence-electron chi connectivity index (χ1n) is 5.95. The number of alkyl halides is 1. The van der Waals surface area contributed by atoms with Crippen LogP contribution in [0.15, 0.2) is 18.7 Å². The van der Waals surface area contributed by atoms with E-state index in [1.165, 1.54) is 12.7 Å². The molecule has 1 fully saturated rings. The van der Waals surface area contributed by atoms with E-state index in [1.54, 1.807) is 12.4 Å². The summed E-state index contributed by atoms with van der Waals surface area (Å²) in [7, 11) is 0. The van der Waals surface area contributed by atoms with Crippen LogP contribution in [0, 0.1) is 0 Å². The zero-order chi connectivity index (χ0) is 12.1. The van der Waals surface area contributed by atoms with Gasteiger partial charge in [0.2, 0.25) is 0 Å². The Balaban J connectivity index is 2.06. The van der Waals surface area contributed by atoms with Crippen molar-refractivity contribution >= 4 is 21.8 Å². The molecule has 1 aliphatic rings. The number of nitrogens with zero attached hydrogens (tertiary/aromatic N) is 3. The van der Waals surface area contributed by atoms with Crippen molar-refractivity contribution in [3.05, 3.63) is 24.3 Å². The highest BCUT2D eigenvalue weighted by molar-refractivity contribution is 9.09. The lowest BCUT2D eigenvalue weighted by atomic mass is 9.91. The number of hydrogen-bond acceptors (Lipinski definition) is 3. The number of carbonyl (C=O) groups excluding carboxylic acids is 1. The van der Waals surface area contributed by atoms with Crippen molar-refractivity contribution in [2.75, 3.05) is 11.9 Å². The van der Waals surface area contributed by atoms with Crippen molar-refractivity contribution in [1.82, 2.24) is 14.9 Å². The van der Waals surface area contributed by atoms with E-state index in [0.29, 0.717) is 11.6 Å². The molecule has 1 amide bonds. The number of rotatable bonds is 5. The van der Waals surface area contributed by atoms with Crippen LogP contribution in [0.2, 0.25) is 0 Å². The predicted molar refractivity (Wildman–Crippen MR) is 69.1 cm³/mol. The Morgan fingerprint density at radius 3 is 2.65 bits per heavy atom. The van der Waals surface area contributed by atoms with Crippen LogP contribution >= 0.6 is 15.9 Å². The quantitative estimate of drug-likeness (QED) is 0.783. The van der Waals surface area contributed by atoms with E-state index in [9.17, 15) is 4.79 Å². The molecular formula is C12H16BrN3O. The summed E-state index contributed by atoms with van der Waals surface area (Å²) >= 11 is 3.41. The summed E-state index contributed by atoms with van der Waals surface area (Å²) in [5.41, 5.74) is 0.592. The molecule has 1 saturated carbocycles. The zero-order valence-corrected chi connectivity index (χ0v) is 11.3. The lowest BCUT2D eigenvalue weighted by molar-refractivity contribution is 0.0580. The average molecular weight is 298 g/mol. The van der Waals surface area contributed by atoms with E-state index in [1.807, 2.05) is 4.90 Å². The molecule has 92 valence electrons. The van der Waals surface area contributed by atoms with Crippen LogP contribution in [0.3, 0.4) is 0 Å². The summed E-state index contributed by atoms with van der Waals surface area (Å²) in [5.74, 6) is 0.0660. The van der Waals surface area contributed by atoms with Gasteiger partial charge in [-0.05, 0) is 25.7 Å². The molecule has 4 nitrogen and oxygen atoms in total. The van der Waals surface area contributed by atoms with E-state index in [4.69, 9.17) is 0 Å². The highest BCUT2D eigenvalue weighted by Gasteiger charge is 2.29. The molecule has 0 N–H and O–H groups in total. The summed E-state index contributed by atoms with van der Waals surface area (Å²) in [5, 5.41) is 0.925. The Kier molecular flexibility index (Phi) is 4.48. The van der Waals surface area contributed by atoms with Crippen LogP contribution in [0.1, 0.15) is 36.0 Å². The molecule has 5 heteroatoms. The second kappa shape index (κ2) is 6.10. The fraction of sp³-hybridized carbons (Fsp3) is 0.583. The third-order valence-electron chi connectivity index (χ3n) is 3.12. The molecule has 1 aromatic heterocycles. The van der Waals surface area contributed by atoms with Crippen LogP contribution in [0.4, 0.5) is 0 Å². The molecule has 0 spiro atoms. The third kappa shape index (κ3) is 3.03. The van der Waals surface area contributed by atoms with Gasteiger partial charge in [0, 0.05) is 30.3 Å². The van der Waals surface area contributed by atoms with Gasteiger partial charge < -0.3 is 4.90 Å². The van der Waals surface area contributed by atoms with Crippen molar-refractivity contribution in [2.45, 2.75) is 31.7 Å². The molecule has 0 unspecified atom stereocenters. The van der Waals surface area contributed by atoms with Gasteiger partial charge in [-0.3, -0.25) is 4.79 Å². The Hall–Kier alpha value is -0.970. The van der Waals surface area contributed by atoms with Crippen molar-refractivity contribution in [2.24, 2.45) is 0 Å². The Labute approximate surface area is 110 Å². The number of halogens is 1. The van der Waals surface area contributed by atoms with Crippen LogP contribution in [0.5, 0.6) is 0 Å². The fourth-order valence-corrected chi connectivity index (χ4v) is 2.20. The number of amides is 1. The van der Waals surface area contributed by atoms with Gasteiger partial charge in [0.15, 0.2) is 0 Å². The molecule has 2 rings (SSSR count). The predicted octanol–water partition coefficient (Wildman–Crippen LogP) is 2.26. The molecule has 17 heavy (non-hydrogen) atoms. The highest BCUT2D eigenvalue weighted by atomic mass is 79.9. The first-order chi connectivity index (χ1) is 8.33. The van der Waals surface area contributed by atoms with Crippen molar-refractivity contribution in [3.8, 4) is 0 Å². The van der Waals surface area contributed by atoms with Gasteiger partial charge in [-0.1, -0.05) is 15.9 Å². The van der Waals surface area contributed by atoms with Crippen molar-refractivity contribution in [3.63, 3.8) is 0 Å². The molecule has 0 saturated heterocycles. The van der Waals surface area contributed by atoms with Crippen LogP contribution < -0.4 is 0 Å². The number of carbonyl (C=O) groups is 1. The zero-order valence-electron chi connectivity index (χ0n) is 9.68. The van der Waals surface area contributed by atoms with Gasteiger partial charge >= 0.3 is 0 Å². The van der Waals surface area contributed by atoms with Gasteiger partial charge in [0.1, 0.15) is 6.33 Å². The number of hydrogen-bond donors (Lipinski definition) is 0. The maximum absolute atomic E-state index is 12.3. The van der Waals surface area contributed by atoms with Gasteiger partial charge in [-0.2, -0.15) is 0 Å². The SMILES string of the molecule is O=C(c1cncnc1)N(CCCBr)C1CCC1. The average Bonchev–Trinajstić information content (AvgIpc) is 2.32. The normalized spacial score (nSPS) is 15.4. The lowest BCUT2D eigenvalue weighted by Gasteiger charge is -2.37. The number of aromatic nitrogens is 2. The highest BCUT2D eigenvalue weighted by Crippen LogP contribution is 2.26. The fourth-order valence-electron chi connectivity index (χ4n) is 1.95. The maximum Gasteiger partial charge on any atom is 0.257 e. The monoisotopic (exact) mass is 297 g/mol. The van der Waals surface area contributed by atoms with Gasteiger partial charge in [-0.25, -0.2) is 9.97 Å². The van der Waals surface area contributed by atoms with Crippen molar-refractivity contribution in [1.29, 1.82) is 0 Å². The van der Waals surface area contributed by atoms with Gasteiger partial charge in [-0.15, -0.1) is 0 Å². The second-order valence-electron chi connectivity index (χ2n) is 4.25. The van der Waals surface area contributed by atoms with E-state index in [2.05, 4.69) is 25.9 Å². The molecule has 0 aromatic carbocycles. The Morgan fingerprint density at radius 2 is 2.12 bits per heavy atom. The smallest absolute Gasteiger partial charge is 0.257 e. The Bertz CT molecular complexity index is 367. The summed E-state index contributed by atoms with van der Waals surface area (Å²) < 4.78 is 0. The van der Waals surface area contributed by atoms with Crippen molar-refractivity contribution < 1.29 is 4.79 Å². The molecular weight excluding hydrogens is 282 g/mol. The first kappa shape index (κ1) is 12.5. The first-order valence-corrected chi connectivity index (χ1v) is 7.07. The summed E-state index contributed by atoms with van der Waals surface area (Å²) in [6, 6.07) is 0.418. The summed E-state index contributed by atoms with van der Waals surface area (Å²) in [6.45, 7) is 0.809. The molecule has 0 bridgehead atoms. The van der Waals surface area contributed by atoms with E-state index in [-0.39, 0.29) is 5.91 Å². The standard InChI is InChI=1S/C12H16BrN3O/c13-5-2-6-16(11-3-1-4-11)12(17)10-7-14-9-15-8-10/h7-9,11H,1-6H2. The topological polar surface area (TPSA) is 46.1 Å². The van der Waals surface area contributed by atoms with Crippen LogP contribution in [0.25, 0.3) is 0 Å². The summed E-state index contributed by atoms with van der Waals surface area (Å²) in [6.07, 6.45) is 9.10. The third-order valence-corrected chi connectivity index (χ3v) is 3.68. The minimum atomic E-state index is 0.0660.